The summed E-state index contributed by atoms with van der Waals surface area (Å²) >= 11 is 29.3. The van der Waals surface area contributed by atoms with Crippen molar-refractivity contribution in [2.24, 2.45) is 0 Å². The maximum absolute atomic E-state index is 4.73. The van der Waals surface area contributed by atoms with Crippen LogP contribution in [0.1, 0.15) is 12.8 Å². The van der Waals surface area contributed by atoms with E-state index < -0.39 is 0 Å². The fourth-order valence-corrected chi connectivity index (χ4v) is 9.33. The van der Waals surface area contributed by atoms with E-state index in [0.717, 1.165) is 33.2 Å². The van der Waals surface area contributed by atoms with Gasteiger partial charge in [-0.05, 0) is 12.8 Å². The van der Waals surface area contributed by atoms with Gasteiger partial charge in [0.2, 0.25) is 0 Å². The third-order valence-corrected chi connectivity index (χ3v) is 8.67. The predicted octanol–water partition coefficient (Wildman–Crippen LogP) is 5.20. The number of hydrogen-bond acceptors (Lipinski definition) is 9. The van der Waals surface area contributed by atoms with Crippen LogP contribution in [0.15, 0.2) is 0 Å². The Hall–Kier alpha value is 3.15. The fraction of sp³-hybridized carbons (Fsp3) is 1.00. The summed E-state index contributed by atoms with van der Waals surface area (Å²) in [6, 6.07) is 0. The molecule has 0 rings (SSSR count). The molecule has 0 spiro atoms. The summed E-state index contributed by atoms with van der Waals surface area (Å²) < 4.78 is 1.09. The van der Waals surface area contributed by atoms with E-state index in [4.69, 9.17) is 12.6 Å². The lowest BCUT2D eigenvalue weighted by Gasteiger charge is -2.22. The summed E-state index contributed by atoms with van der Waals surface area (Å²) in [6.07, 6.45) is 2.19. The van der Waals surface area contributed by atoms with Crippen LogP contribution in [0, 0.1) is 0 Å². The first kappa shape index (κ1) is 21.1. The Morgan fingerprint density at radius 3 is 1.11 bits per heavy atom. The second-order valence-corrected chi connectivity index (χ2v) is 12.2. The van der Waals surface area contributed by atoms with Gasteiger partial charge in [-0.25, -0.2) is 0 Å². The van der Waals surface area contributed by atoms with E-state index in [1.807, 2.05) is 47.0 Å². The average molecular weight is 417 g/mol. The third-order valence-electron chi connectivity index (χ3n) is 1.97. The van der Waals surface area contributed by atoms with Gasteiger partial charge < -0.3 is 0 Å². The van der Waals surface area contributed by atoms with E-state index in [1.165, 1.54) is 0 Å². The molecule has 0 aromatic carbocycles. The number of thiol groups is 5. The molecule has 0 amide bonds. The van der Waals surface area contributed by atoms with Crippen molar-refractivity contribution in [3.05, 3.63) is 0 Å². The minimum Gasteiger partial charge on any atom is -0.176 e. The van der Waals surface area contributed by atoms with E-state index in [2.05, 4.69) is 50.5 Å². The van der Waals surface area contributed by atoms with Gasteiger partial charge >= 0.3 is 0 Å². The lowest BCUT2D eigenvalue weighted by molar-refractivity contribution is 0.782. The normalized spacial score (nSPS) is 12.0. The zero-order valence-corrected chi connectivity index (χ0v) is 17.6. The first-order valence-corrected chi connectivity index (χ1v) is 12.5. The Morgan fingerprint density at radius 2 is 0.889 bits per heavy atom. The van der Waals surface area contributed by atoms with Gasteiger partial charge in [0.25, 0.3) is 0 Å². The number of rotatable bonds is 12. The van der Waals surface area contributed by atoms with Gasteiger partial charge in [-0.3, -0.25) is 0 Å². The zero-order valence-electron chi connectivity index (χ0n) is 9.84. The quantitative estimate of drug-likeness (QED) is 0.219. The molecule has 18 heavy (non-hydrogen) atoms. The summed E-state index contributed by atoms with van der Waals surface area (Å²) in [5.41, 5.74) is 0. The van der Waals surface area contributed by atoms with Crippen molar-refractivity contribution in [2.75, 3.05) is 20.3 Å². The van der Waals surface area contributed by atoms with Crippen LogP contribution < -0.4 is 0 Å². The molecule has 0 heterocycles. The minimum atomic E-state index is 0.416. The van der Waals surface area contributed by atoms with Gasteiger partial charge in [0.05, 0.1) is 9.16 Å². The molecule has 0 aliphatic heterocycles. The molecule has 0 N–H and O–H groups in total. The van der Waals surface area contributed by atoms with Gasteiger partial charge in [0.15, 0.2) is 0 Å². The van der Waals surface area contributed by atoms with Crippen LogP contribution in [0.3, 0.4) is 0 Å². The Morgan fingerprint density at radius 1 is 0.611 bits per heavy atom. The standard InChI is InChI=1S/C9H20S9/c10-3-15-8(16-4-11)1-7(14)2-9(17-5-12)18-6-13/h7-14H,1-6H2. The summed E-state index contributed by atoms with van der Waals surface area (Å²) in [5.74, 6) is 0. The van der Waals surface area contributed by atoms with Crippen LogP contribution in [-0.4, -0.2) is 34.8 Å². The molecule has 0 fully saturated rings. The maximum atomic E-state index is 4.73. The van der Waals surface area contributed by atoms with E-state index in [1.54, 1.807) is 0 Å². The maximum Gasteiger partial charge on any atom is 0.0529 e. The molecule has 0 bridgehead atoms. The Labute approximate surface area is 156 Å². The molecule has 0 aliphatic carbocycles. The molecule has 110 valence electrons. The van der Waals surface area contributed by atoms with Crippen LogP contribution in [0.4, 0.5) is 0 Å². The molecule has 0 nitrogen and oxygen atoms in total. The third kappa shape index (κ3) is 11.8. The lowest BCUT2D eigenvalue weighted by atomic mass is 10.2. The Bertz CT molecular complexity index is 149. The monoisotopic (exact) mass is 416 g/mol. The van der Waals surface area contributed by atoms with Crippen molar-refractivity contribution in [1.29, 1.82) is 0 Å². The summed E-state index contributed by atoms with van der Waals surface area (Å²) in [5, 5.41) is 3.83. The first-order chi connectivity index (χ1) is 8.67. The highest BCUT2D eigenvalue weighted by Crippen LogP contribution is 2.35. The highest BCUT2D eigenvalue weighted by molar-refractivity contribution is 8.23. The molecule has 0 unspecified atom stereocenters. The first-order valence-electron chi connectivity index (χ1n) is 5.25. The Balaban J connectivity index is 4.05. The minimum absolute atomic E-state index is 0.416. The smallest absolute Gasteiger partial charge is 0.0529 e. The molecule has 0 aromatic heterocycles. The summed E-state index contributed by atoms with van der Waals surface area (Å²) in [6.45, 7) is 0. The van der Waals surface area contributed by atoms with Crippen molar-refractivity contribution < 1.29 is 0 Å². The highest BCUT2D eigenvalue weighted by atomic mass is 32.2. The summed E-state index contributed by atoms with van der Waals surface area (Å²) in [4.78, 5) is 0. The molecule has 0 saturated heterocycles. The molecule has 0 radical (unpaired) electrons. The van der Waals surface area contributed by atoms with Gasteiger partial charge in [-0.15, -0.1) is 47.0 Å². The zero-order chi connectivity index (χ0) is 13.8. The largest absolute Gasteiger partial charge is 0.176 e. The van der Waals surface area contributed by atoms with Crippen LogP contribution in [-0.2, 0) is 0 Å². The Kier molecular flexibility index (Phi) is 17.7. The van der Waals surface area contributed by atoms with Crippen molar-refractivity contribution >= 4 is 110 Å². The SMILES string of the molecule is SCSC(CC(S)CC(SCS)SCS)SCS. The average Bonchev–Trinajstić information content (AvgIpc) is 2.30. The summed E-state index contributed by atoms with van der Waals surface area (Å²) in [7, 11) is 0. The van der Waals surface area contributed by atoms with Crippen LogP contribution in [0.2, 0.25) is 0 Å². The second-order valence-electron chi connectivity index (χ2n) is 3.17. The van der Waals surface area contributed by atoms with Gasteiger partial charge in [0, 0.05) is 25.6 Å². The predicted molar refractivity (Wildman–Crippen MR) is 115 cm³/mol. The van der Waals surface area contributed by atoms with Gasteiger partial charge in [0.1, 0.15) is 0 Å². The van der Waals surface area contributed by atoms with Crippen molar-refractivity contribution in [2.45, 2.75) is 27.3 Å². The van der Waals surface area contributed by atoms with Crippen LogP contribution >= 0.6 is 110 Å². The second kappa shape index (κ2) is 15.1. The lowest BCUT2D eigenvalue weighted by Crippen LogP contribution is -2.13. The molecule has 0 aliphatic rings. The molecular formula is C9H20S9. The van der Waals surface area contributed by atoms with Crippen molar-refractivity contribution in [3.8, 4) is 0 Å². The van der Waals surface area contributed by atoms with Crippen molar-refractivity contribution in [1.82, 2.24) is 0 Å². The highest BCUT2D eigenvalue weighted by Gasteiger charge is 2.18. The van der Waals surface area contributed by atoms with Gasteiger partial charge in [-0.2, -0.15) is 63.1 Å². The van der Waals surface area contributed by atoms with Gasteiger partial charge in [-0.1, -0.05) is 0 Å². The van der Waals surface area contributed by atoms with E-state index in [-0.39, 0.29) is 0 Å². The fourth-order valence-electron chi connectivity index (χ4n) is 1.24. The van der Waals surface area contributed by atoms with E-state index >= 15 is 0 Å². The van der Waals surface area contributed by atoms with Crippen LogP contribution in [0.5, 0.6) is 0 Å². The topological polar surface area (TPSA) is 0 Å². The number of hydrogen-bond donors (Lipinski definition) is 5. The van der Waals surface area contributed by atoms with E-state index in [9.17, 15) is 0 Å². The van der Waals surface area contributed by atoms with Crippen molar-refractivity contribution in [3.63, 3.8) is 0 Å². The van der Waals surface area contributed by atoms with E-state index in [0.29, 0.717) is 14.4 Å². The molecule has 0 saturated carbocycles. The van der Waals surface area contributed by atoms with Crippen LogP contribution in [0.25, 0.3) is 0 Å². The molecule has 0 aromatic rings. The number of thioether (sulfide) groups is 4. The molecular weight excluding hydrogens is 397 g/mol. The molecule has 9 heteroatoms. The molecule has 0 atom stereocenters.